The van der Waals surface area contributed by atoms with Crippen molar-refractivity contribution in [3.63, 3.8) is 0 Å². The largest absolute Gasteiger partial charge is 0.352 e. The molecule has 29 heavy (non-hydrogen) atoms. The third-order valence-electron chi connectivity index (χ3n) is 2.93. The fraction of sp³-hybridized carbons (Fsp3) is 0.562. The van der Waals surface area contributed by atoms with Gasteiger partial charge in [0, 0.05) is 19.8 Å². The van der Waals surface area contributed by atoms with Crippen LogP contribution in [0.5, 0.6) is 0 Å². The lowest BCUT2D eigenvalue weighted by Gasteiger charge is -2.13. The number of amides is 5. The first-order chi connectivity index (χ1) is 13.7. The average Bonchev–Trinajstić information content (AvgIpc) is 3.00. The average molecular weight is 432 g/mol. The van der Waals surface area contributed by atoms with E-state index < -0.39 is 48.6 Å². The molecule has 0 aromatic carbocycles. The minimum absolute atomic E-state index is 0.0471. The monoisotopic (exact) mass is 432 g/mol. The molecule has 1 fully saturated rings. The molecule has 1 saturated heterocycles. The van der Waals surface area contributed by atoms with Crippen LogP contribution in [0.15, 0.2) is 0 Å². The molecular weight excluding hydrogens is 408 g/mol. The summed E-state index contributed by atoms with van der Waals surface area (Å²) in [4.78, 5) is 83.5. The van der Waals surface area contributed by atoms with E-state index >= 15 is 0 Å². The molecular formula is C16H24N4O8S. The SMILES string of the molecule is CC.CC(=O)SCC(=O)NCC(=O)NCC(=O)NCC(=O)ON1C(=O)CCC1=O. The minimum atomic E-state index is -1.02. The summed E-state index contributed by atoms with van der Waals surface area (Å²) in [6, 6.07) is 0. The third-order valence-corrected chi connectivity index (χ3v) is 3.74. The molecule has 0 aromatic rings. The Morgan fingerprint density at radius 3 is 1.79 bits per heavy atom. The Morgan fingerprint density at radius 2 is 1.31 bits per heavy atom. The van der Waals surface area contributed by atoms with Crippen molar-refractivity contribution < 1.29 is 38.4 Å². The predicted molar refractivity (Wildman–Crippen MR) is 101 cm³/mol. The van der Waals surface area contributed by atoms with Gasteiger partial charge in [0.1, 0.15) is 6.54 Å². The number of nitrogens with one attached hydrogen (secondary N) is 3. The lowest BCUT2D eigenvalue weighted by molar-refractivity contribution is -0.196. The molecule has 0 unspecified atom stereocenters. The van der Waals surface area contributed by atoms with Crippen LogP contribution in [0.2, 0.25) is 0 Å². The number of hydrogen-bond acceptors (Lipinski definition) is 9. The predicted octanol–water partition coefficient (Wildman–Crippen LogP) is -1.75. The second-order valence-corrected chi connectivity index (χ2v) is 6.31. The Kier molecular flexibility index (Phi) is 12.7. The second kappa shape index (κ2) is 14.1. The van der Waals surface area contributed by atoms with Crippen LogP contribution < -0.4 is 16.0 Å². The summed E-state index contributed by atoms with van der Waals surface area (Å²) in [6.45, 7) is 3.85. The van der Waals surface area contributed by atoms with Crippen LogP contribution in [0, 0.1) is 0 Å². The van der Waals surface area contributed by atoms with Gasteiger partial charge in [0.05, 0.1) is 18.8 Å². The molecule has 3 N–H and O–H groups in total. The number of carbonyl (C=O) groups excluding carboxylic acids is 7. The van der Waals surface area contributed by atoms with E-state index in [9.17, 15) is 33.6 Å². The smallest absolute Gasteiger partial charge is 0.346 e. The summed E-state index contributed by atoms with van der Waals surface area (Å²) in [5.74, 6) is -4.31. The first kappa shape index (κ1) is 26.0. The zero-order valence-electron chi connectivity index (χ0n) is 16.4. The molecule has 0 aromatic heterocycles. The summed E-state index contributed by atoms with van der Waals surface area (Å²) in [5.41, 5.74) is 0. The topological polar surface area (TPSA) is 168 Å². The molecule has 0 atom stereocenters. The Bertz CT molecular complexity index is 651. The molecule has 1 heterocycles. The summed E-state index contributed by atoms with van der Waals surface area (Å²) >= 11 is 0.794. The van der Waals surface area contributed by atoms with Crippen LogP contribution in [0.1, 0.15) is 33.6 Å². The Morgan fingerprint density at radius 1 is 0.862 bits per heavy atom. The highest BCUT2D eigenvalue weighted by atomic mass is 32.2. The fourth-order valence-electron chi connectivity index (χ4n) is 1.66. The van der Waals surface area contributed by atoms with E-state index in [4.69, 9.17) is 0 Å². The molecule has 13 heteroatoms. The van der Waals surface area contributed by atoms with Gasteiger partial charge in [-0.05, 0) is 0 Å². The molecule has 162 valence electrons. The second-order valence-electron chi connectivity index (χ2n) is 5.16. The molecule has 1 aliphatic rings. The Balaban J connectivity index is 0.00000379. The zero-order chi connectivity index (χ0) is 22.4. The van der Waals surface area contributed by atoms with Gasteiger partial charge < -0.3 is 20.8 Å². The van der Waals surface area contributed by atoms with E-state index in [1.165, 1.54) is 6.92 Å². The normalized spacial score (nSPS) is 12.4. The van der Waals surface area contributed by atoms with Crippen LogP contribution in [0.3, 0.4) is 0 Å². The van der Waals surface area contributed by atoms with Gasteiger partial charge in [-0.3, -0.25) is 28.8 Å². The number of carbonyl (C=O) groups is 7. The maximum atomic E-state index is 11.5. The van der Waals surface area contributed by atoms with Gasteiger partial charge in [0.2, 0.25) is 17.7 Å². The van der Waals surface area contributed by atoms with Crippen molar-refractivity contribution in [3.05, 3.63) is 0 Å². The quantitative estimate of drug-likeness (QED) is 0.358. The Labute approximate surface area is 171 Å². The van der Waals surface area contributed by atoms with Crippen molar-refractivity contribution in [2.75, 3.05) is 25.4 Å². The standard InChI is InChI=1S/C14H18N4O8S.C2H6/c1-8(19)27-7-11(22)16-5-9(20)15-4-10(21)17-6-14(25)26-18-12(23)2-3-13(18)24;1-2/h2-7H2,1H3,(H,15,20)(H,16,22)(H,17,21);1-2H3. The highest BCUT2D eigenvalue weighted by Crippen LogP contribution is 2.11. The maximum absolute atomic E-state index is 11.5. The third kappa shape index (κ3) is 11.5. The minimum Gasteiger partial charge on any atom is -0.346 e. The first-order valence-corrected chi connectivity index (χ1v) is 9.67. The lowest BCUT2D eigenvalue weighted by Crippen LogP contribution is -2.44. The van der Waals surface area contributed by atoms with E-state index in [0.717, 1.165) is 11.8 Å². The molecule has 0 bridgehead atoms. The van der Waals surface area contributed by atoms with Gasteiger partial charge in [0.15, 0.2) is 5.12 Å². The number of rotatable bonds is 9. The van der Waals surface area contributed by atoms with Gasteiger partial charge in [-0.1, -0.05) is 25.6 Å². The summed E-state index contributed by atoms with van der Waals surface area (Å²) in [5, 5.41) is 6.72. The van der Waals surface area contributed by atoms with E-state index in [1.807, 2.05) is 13.8 Å². The van der Waals surface area contributed by atoms with Crippen LogP contribution in [-0.4, -0.2) is 71.1 Å². The van der Waals surface area contributed by atoms with Gasteiger partial charge in [0.25, 0.3) is 11.8 Å². The first-order valence-electron chi connectivity index (χ1n) is 8.69. The van der Waals surface area contributed by atoms with Gasteiger partial charge in [-0.2, -0.15) is 0 Å². The number of nitrogens with zero attached hydrogens (tertiary/aromatic N) is 1. The number of hydroxylamine groups is 2. The summed E-state index contributed by atoms with van der Waals surface area (Å²) < 4.78 is 0. The highest BCUT2D eigenvalue weighted by Gasteiger charge is 2.32. The summed E-state index contributed by atoms with van der Waals surface area (Å²) in [7, 11) is 0. The van der Waals surface area contributed by atoms with Gasteiger partial charge in [-0.15, -0.1) is 5.06 Å². The summed E-state index contributed by atoms with van der Waals surface area (Å²) in [6.07, 6.45) is -0.0943. The molecule has 5 amide bonds. The van der Waals surface area contributed by atoms with Crippen molar-refractivity contribution in [3.8, 4) is 0 Å². The van der Waals surface area contributed by atoms with E-state index in [2.05, 4.69) is 20.8 Å². The van der Waals surface area contributed by atoms with E-state index in [-0.39, 0.29) is 30.3 Å². The molecule has 0 aliphatic carbocycles. The van der Waals surface area contributed by atoms with E-state index in [0.29, 0.717) is 5.06 Å². The van der Waals surface area contributed by atoms with Crippen molar-refractivity contribution in [2.45, 2.75) is 33.6 Å². The maximum Gasteiger partial charge on any atom is 0.352 e. The number of thioether (sulfide) groups is 1. The fourth-order valence-corrected chi connectivity index (χ4v) is 2.10. The lowest BCUT2D eigenvalue weighted by atomic mass is 10.4. The molecule has 1 aliphatic heterocycles. The molecule has 0 radical (unpaired) electrons. The van der Waals surface area contributed by atoms with Crippen LogP contribution in [0.25, 0.3) is 0 Å². The van der Waals surface area contributed by atoms with Crippen molar-refractivity contribution in [2.24, 2.45) is 0 Å². The van der Waals surface area contributed by atoms with Crippen LogP contribution in [-0.2, 0) is 38.4 Å². The van der Waals surface area contributed by atoms with Gasteiger partial charge >= 0.3 is 5.97 Å². The van der Waals surface area contributed by atoms with E-state index in [1.54, 1.807) is 0 Å². The molecule has 0 saturated carbocycles. The highest BCUT2D eigenvalue weighted by molar-refractivity contribution is 8.14. The van der Waals surface area contributed by atoms with Crippen molar-refractivity contribution in [1.82, 2.24) is 21.0 Å². The zero-order valence-corrected chi connectivity index (χ0v) is 17.2. The number of imide groups is 1. The van der Waals surface area contributed by atoms with Crippen LogP contribution >= 0.6 is 11.8 Å². The van der Waals surface area contributed by atoms with Gasteiger partial charge in [-0.25, -0.2) is 4.79 Å². The molecule has 0 spiro atoms. The Hall–Kier alpha value is -2.96. The molecule has 1 rings (SSSR count). The van der Waals surface area contributed by atoms with Crippen molar-refractivity contribution >= 4 is 52.4 Å². The van der Waals surface area contributed by atoms with Crippen LogP contribution in [0.4, 0.5) is 0 Å². The molecule has 12 nitrogen and oxygen atoms in total. The van der Waals surface area contributed by atoms with Crippen molar-refractivity contribution in [1.29, 1.82) is 0 Å². The number of hydrogen-bond donors (Lipinski definition) is 3.